The van der Waals surface area contributed by atoms with Gasteiger partial charge in [-0.2, -0.15) is 0 Å². The molecule has 1 fully saturated rings. The molecule has 1 aliphatic heterocycles. The van der Waals surface area contributed by atoms with Crippen LogP contribution in [0, 0.1) is 11.7 Å². The van der Waals surface area contributed by atoms with Crippen LogP contribution in [-0.2, 0) is 4.79 Å². The molecule has 0 aliphatic carbocycles. The van der Waals surface area contributed by atoms with E-state index in [1.165, 1.54) is 6.07 Å². The van der Waals surface area contributed by atoms with Gasteiger partial charge in [0, 0.05) is 19.5 Å². The highest BCUT2D eigenvalue weighted by Gasteiger charge is 2.20. The van der Waals surface area contributed by atoms with Gasteiger partial charge in [-0.1, -0.05) is 12.1 Å². The number of nitrogens with zero attached hydrogens (tertiary/aromatic N) is 1. The van der Waals surface area contributed by atoms with Gasteiger partial charge in [-0.05, 0) is 43.9 Å². The Balaban J connectivity index is 1.70. The summed E-state index contributed by atoms with van der Waals surface area (Å²) in [6, 6.07) is 6.40. The summed E-state index contributed by atoms with van der Waals surface area (Å²) in [5.41, 5.74) is 0. The number of piperidine rings is 1. The third kappa shape index (κ3) is 5.34. The lowest BCUT2D eigenvalue weighted by atomic mass is 9.93. The number of halogens is 1. The van der Waals surface area contributed by atoms with E-state index in [9.17, 15) is 9.18 Å². The molecule has 0 bridgehead atoms. The minimum atomic E-state index is -0.727. The van der Waals surface area contributed by atoms with E-state index in [4.69, 9.17) is 9.84 Å². The predicted molar refractivity (Wildman–Crippen MR) is 77.9 cm³/mol. The van der Waals surface area contributed by atoms with Crippen LogP contribution < -0.4 is 4.74 Å². The molecule has 0 radical (unpaired) electrons. The van der Waals surface area contributed by atoms with Gasteiger partial charge in [-0.15, -0.1) is 0 Å². The first-order valence-electron chi connectivity index (χ1n) is 7.46. The number of aliphatic carboxylic acids is 1. The Bertz CT molecular complexity index is 467. The van der Waals surface area contributed by atoms with E-state index in [-0.39, 0.29) is 18.0 Å². The molecule has 0 amide bonds. The molecule has 1 saturated heterocycles. The second-order valence-corrected chi connectivity index (χ2v) is 5.52. The maximum atomic E-state index is 13.4. The molecular formula is C16H22FNO3. The van der Waals surface area contributed by atoms with E-state index >= 15 is 0 Å². The molecule has 1 heterocycles. The van der Waals surface area contributed by atoms with Gasteiger partial charge < -0.3 is 9.84 Å². The van der Waals surface area contributed by atoms with E-state index < -0.39 is 5.97 Å². The second-order valence-electron chi connectivity index (χ2n) is 5.52. The molecule has 1 N–H and O–H groups in total. The molecule has 2 rings (SSSR count). The van der Waals surface area contributed by atoms with Gasteiger partial charge in [0.2, 0.25) is 0 Å². The van der Waals surface area contributed by atoms with Crippen molar-refractivity contribution in [3.8, 4) is 5.75 Å². The van der Waals surface area contributed by atoms with Crippen LogP contribution in [0.4, 0.5) is 4.39 Å². The molecule has 0 saturated carbocycles. The van der Waals surface area contributed by atoms with E-state index in [1.807, 2.05) is 0 Å². The number of carbonyl (C=O) groups is 1. The molecule has 4 nitrogen and oxygen atoms in total. The maximum Gasteiger partial charge on any atom is 0.303 e. The van der Waals surface area contributed by atoms with E-state index in [1.54, 1.807) is 18.2 Å². The Morgan fingerprint density at radius 1 is 1.43 bits per heavy atom. The Hall–Kier alpha value is -1.62. The van der Waals surface area contributed by atoms with Gasteiger partial charge in [-0.25, -0.2) is 4.39 Å². The van der Waals surface area contributed by atoms with Gasteiger partial charge in [0.15, 0.2) is 11.6 Å². The molecule has 1 atom stereocenters. The average molecular weight is 295 g/mol. The summed E-state index contributed by atoms with van der Waals surface area (Å²) in [5.74, 6) is -0.328. The SMILES string of the molecule is O=C(O)CCC1CCCN(CCOc2ccccc2F)C1. The highest BCUT2D eigenvalue weighted by Crippen LogP contribution is 2.21. The number of carboxylic acid groups (broad SMARTS) is 1. The molecule has 1 aromatic rings. The molecule has 1 unspecified atom stereocenters. The van der Waals surface area contributed by atoms with Crippen molar-refractivity contribution in [1.82, 2.24) is 4.90 Å². The van der Waals surface area contributed by atoms with Crippen LogP contribution in [-0.4, -0.2) is 42.2 Å². The van der Waals surface area contributed by atoms with Gasteiger partial charge in [0.1, 0.15) is 6.61 Å². The van der Waals surface area contributed by atoms with E-state index in [2.05, 4.69) is 4.90 Å². The Labute approximate surface area is 124 Å². The van der Waals surface area contributed by atoms with Crippen LogP contribution in [0.25, 0.3) is 0 Å². The number of para-hydroxylation sites is 1. The third-order valence-electron chi connectivity index (χ3n) is 3.87. The van der Waals surface area contributed by atoms with E-state index in [0.29, 0.717) is 12.5 Å². The topological polar surface area (TPSA) is 49.8 Å². The molecule has 0 aromatic heterocycles. The highest BCUT2D eigenvalue weighted by atomic mass is 19.1. The molecule has 5 heteroatoms. The van der Waals surface area contributed by atoms with Crippen LogP contribution >= 0.6 is 0 Å². The average Bonchev–Trinajstić information content (AvgIpc) is 2.48. The quantitative estimate of drug-likeness (QED) is 0.840. The third-order valence-corrected chi connectivity index (χ3v) is 3.87. The lowest BCUT2D eigenvalue weighted by Gasteiger charge is -2.32. The summed E-state index contributed by atoms with van der Waals surface area (Å²) < 4.78 is 18.9. The first-order valence-corrected chi connectivity index (χ1v) is 7.46. The molecule has 1 aliphatic rings. The summed E-state index contributed by atoms with van der Waals surface area (Å²) in [6.45, 7) is 3.11. The number of rotatable bonds is 7. The van der Waals surface area contributed by atoms with E-state index in [0.717, 1.165) is 38.9 Å². The summed E-state index contributed by atoms with van der Waals surface area (Å²) >= 11 is 0. The van der Waals surface area contributed by atoms with Crippen LogP contribution in [0.5, 0.6) is 5.75 Å². The zero-order chi connectivity index (χ0) is 15.1. The largest absolute Gasteiger partial charge is 0.489 e. The van der Waals surface area contributed by atoms with Crippen molar-refractivity contribution < 1.29 is 19.0 Å². The first-order chi connectivity index (χ1) is 10.1. The van der Waals surface area contributed by atoms with Crippen LogP contribution in [0.2, 0.25) is 0 Å². The van der Waals surface area contributed by atoms with Crippen molar-refractivity contribution in [2.45, 2.75) is 25.7 Å². The summed E-state index contributed by atoms with van der Waals surface area (Å²) in [7, 11) is 0. The van der Waals surface area contributed by atoms with Crippen LogP contribution in [0.3, 0.4) is 0 Å². The van der Waals surface area contributed by atoms with Crippen molar-refractivity contribution in [1.29, 1.82) is 0 Å². The molecule has 116 valence electrons. The van der Waals surface area contributed by atoms with Gasteiger partial charge >= 0.3 is 5.97 Å². The minimum absolute atomic E-state index is 0.240. The fraction of sp³-hybridized carbons (Fsp3) is 0.562. The van der Waals surface area contributed by atoms with Crippen molar-refractivity contribution in [3.63, 3.8) is 0 Å². The molecule has 0 spiro atoms. The standard InChI is InChI=1S/C16H22FNO3/c17-14-5-1-2-6-15(14)21-11-10-18-9-3-4-13(12-18)7-8-16(19)20/h1-2,5-6,13H,3-4,7-12H2,(H,19,20). The smallest absolute Gasteiger partial charge is 0.303 e. The Kier molecular flexibility index (Phi) is 5.99. The molecule has 1 aromatic carbocycles. The number of carboxylic acids is 1. The number of hydrogen-bond acceptors (Lipinski definition) is 3. The zero-order valence-electron chi connectivity index (χ0n) is 12.1. The fourth-order valence-corrected chi connectivity index (χ4v) is 2.76. The summed E-state index contributed by atoms with van der Waals surface area (Å²) in [5, 5.41) is 8.73. The number of ether oxygens (including phenoxy) is 1. The monoisotopic (exact) mass is 295 g/mol. The highest BCUT2D eigenvalue weighted by molar-refractivity contribution is 5.66. The Morgan fingerprint density at radius 3 is 3.00 bits per heavy atom. The van der Waals surface area contributed by atoms with Crippen molar-refractivity contribution in [2.75, 3.05) is 26.2 Å². The first kappa shape index (κ1) is 15.8. The summed E-state index contributed by atoms with van der Waals surface area (Å²) in [6.07, 6.45) is 3.16. The zero-order valence-corrected chi connectivity index (χ0v) is 12.1. The van der Waals surface area contributed by atoms with Crippen LogP contribution in [0.1, 0.15) is 25.7 Å². The molecular weight excluding hydrogens is 273 g/mol. The van der Waals surface area contributed by atoms with Gasteiger partial charge in [0.05, 0.1) is 0 Å². The Morgan fingerprint density at radius 2 is 2.24 bits per heavy atom. The van der Waals surface area contributed by atoms with Crippen molar-refractivity contribution in [3.05, 3.63) is 30.1 Å². The van der Waals surface area contributed by atoms with Crippen molar-refractivity contribution >= 4 is 5.97 Å². The van der Waals surface area contributed by atoms with Gasteiger partial charge in [-0.3, -0.25) is 9.69 Å². The maximum absolute atomic E-state index is 13.4. The minimum Gasteiger partial charge on any atom is -0.489 e. The lowest BCUT2D eigenvalue weighted by Crippen LogP contribution is -2.38. The summed E-state index contributed by atoms with van der Waals surface area (Å²) in [4.78, 5) is 12.9. The number of likely N-dealkylation sites (tertiary alicyclic amines) is 1. The van der Waals surface area contributed by atoms with Crippen LogP contribution in [0.15, 0.2) is 24.3 Å². The lowest BCUT2D eigenvalue weighted by molar-refractivity contribution is -0.137. The number of benzene rings is 1. The second kappa shape index (κ2) is 7.98. The van der Waals surface area contributed by atoms with Gasteiger partial charge in [0.25, 0.3) is 0 Å². The molecule has 21 heavy (non-hydrogen) atoms. The predicted octanol–water partition coefficient (Wildman–Crippen LogP) is 2.78. The fourth-order valence-electron chi connectivity index (χ4n) is 2.76. The number of hydrogen-bond donors (Lipinski definition) is 1. The normalized spacial score (nSPS) is 19.4. The van der Waals surface area contributed by atoms with Crippen molar-refractivity contribution in [2.24, 2.45) is 5.92 Å².